The van der Waals surface area contributed by atoms with Crippen molar-refractivity contribution >= 4 is 5.91 Å². The Kier molecular flexibility index (Phi) is 3.97. The van der Waals surface area contributed by atoms with Crippen molar-refractivity contribution in [3.05, 3.63) is 96.1 Å². The van der Waals surface area contributed by atoms with Crippen LogP contribution in [0.2, 0.25) is 0 Å². The Morgan fingerprint density at radius 3 is 2.71 bits per heavy atom. The molecule has 1 aliphatic rings. The van der Waals surface area contributed by atoms with E-state index in [0.717, 1.165) is 22.6 Å². The number of imidazole rings is 1. The molecular weight excluding hydrogens is 352 g/mol. The number of carbonyl (C=O) groups excluding carboxylic acids is 1. The minimum Gasteiger partial charge on any atom is -0.347 e. The highest BCUT2D eigenvalue weighted by atomic mass is 16.2. The van der Waals surface area contributed by atoms with Crippen LogP contribution in [0.25, 0.3) is 5.69 Å². The maximum atomic E-state index is 13.5. The van der Waals surface area contributed by atoms with Crippen LogP contribution >= 0.6 is 0 Å². The summed E-state index contributed by atoms with van der Waals surface area (Å²) in [5.74, 6) is 0.00552. The fourth-order valence-electron chi connectivity index (χ4n) is 3.78. The lowest BCUT2D eigenvalue weighted by molar-refractivity contribution is 0.0721. The number of aromatic nitrogens is 5. The SMILES string of the molecule is O=C(c1ccccc1-n1cncn1)N1Cc2[nH]cnc2C(c2ccccc2)C1. The number of benzene rings is 2. The van der Waals surface area contributed by atoms with E-state index < -0.39 is 0 Å². The number of nitrogens with one attached hydrogen (secondary N) is 1. The van der Waals surface area contributed by atoms with Crippen LogP contribution in [0.5, 0.6) is 0 Å². The standard InChI is InChI=1S/C21H18N6O/c28-21(16-8-4-5-9-19(16)27-14-22-12-25-27)26-10-17(15-6-2-1-3-7-15)20-18(11-26)23-13-24-20/h1-9,12-14,17H,10-11H2,(H,23,24). The Labute approximate surface area is 161 Å². The molecule has 1 amide bonds. The van der Waals surface area contributed by atoms with Gasteiger partial charge in [0.25, 0.3) is 5.91 Å². The molecule has 0 aliphatic carbocycles. The molecule has 0 fully saturated rings. The third-order valence-electron chi connectivity index (χ3n) is 5.12. The van der Waals surface area contributed by atoms with Crippen LogP contribution in [0.4, 0.5) is 0 Å². The normalized spacial score (nSPS) is 16.0. The van der Waals surface area contributed by atoms with Crippen molar-refractivity contribution in [3.8, 4) is 5.69 Å². The smallest absolute Gasteiger partial charge is 0.256 e. The zero-order valence-electron chi connectivity index (χ0n) is 15.1. The number of H-pyrrole nitrogens is 1. The number of aromatic amines is 1. The summed E-state index contributed by atoms with van der Waals surface area (Å²) < 4.78 is 1.62. The summed E-state index contributed by atoms with van der Waals surface area (Å²) >= 11 is 0. The number of amides is 1. The Balaban J connectivity index is 1.52. The van der Waals surface area contributed by atoms with E-state index >= 15 is 0 Å². The lowest BCUT2D eigenvalue weighted by Gasteiger charge is -2.32. The molecule has 28 heavy (non-hydrogen) atoms. The fraction of sp³-hybridized carbons (Fsp3) is 0.143. The molecule has 4 aromatic rings. The van der Waals surface area contributed by atoms with Gasteiger partial charge in [-0.15, -0.1) is 0 Å². The number of carbonyl (C=O) groups is 1. The lowest BCUT2D eigenvalue weighted by Crippen LogP contribution is -2.39. The molecule has 0 radical (unpaired) electrons. The van der Waals surface area contributed by atoms with Crippen LogP contribution in [0, 0.1) is 0 Å². The number of hydrogen-bond acceptors (Lipinski definition) is 4. The van der Waals surface area contributed by atoms with E-state index in [0.29, 0.717) is 18.7 Å². The van der Waals surface area contributed by atoms with E-state index in [2.05, 4.69) is 32.2 Å². The molecule has 5 rings (SSSR count). The van der Waals surface area contributed by atoms with E-state index in [-0.39, 0.29) is 11.8 Å². The largest absolute Gasteiger partial charge is 0.347 e. The molecule has 2 aromatic heterocycles. The maximum Gasteiger partial charge on any atom is 0.256 e. The number of para-hydroxylation sites is 1. The Morgan fingerprint density at radius 1 is 1.07 bits per heavy atom. The molecule has 1 atom stereocenters. The van der Waals surface area contributed by atoms with E-state index in [4.69, 9.17) is 0 Å². The molecule has 138 valence electrons. The second-order valence-corrected chi connectivity index (χ2v) is 6.77. The van der Waals surface area contributed by atoms with Crippen molar-refractivity contribution < 1.29 is 4.79 Å². The van der Waals surface area contributed by atoms with Gasteiger partial charge in [-0.1, -0.05) is 42.5 Å². The van der Waals surface area contributed by atoms with Crippen LogP contribution < -0.4 is 0 Å². The molecule has 0 saturated carbocycles. The summed E-state index contributed by atoms with van der Waals surface area (Å²) in [6.07, 6.45) is 4.77. The van der Waals surface area contributed by atoms with Gasteiger partial charge in [0.2, 0.25) is 0 Å². The topological polar surface area (TPSA) is 79.7 Å². The summed E-state index contributed by atoms with van der Waals surface area (Å²) in [5, 5.41) is 4.18. The summed E-state index contributed by atoms with van der Waals surface area (Å²) in [6.45, 7) is 1.08. The average Bonchev–Trinajstić information content (AvgIpc) is 3.45. The van der Waals surface area contributed by atoms with E-state index in [9.17, 15) is 4.79 Å². The van der Waals surface area contributed by atoms with Crippen LogP contribution in [0.1, 0.15) is 33.2 Å². The number of hydrogen-bond donors (Lipinski definition) is 1. The van der Waals surface area contributed by atoms with Crippen molar-refractivity contribution in [2.75, 3.05) is 6.54 Å². The predicted molar refractivity (Wildman–Crippen MR) is 103 cm³/mol. The molecule has 7 heteroatoms. The van der Waals surface area contributed by atoms with E-state index in [1.165, 1.54) is 6.33 Å². The minimum atomic E-state index is -0.0349. The Bertz CT molecular complexity index is 1100. The van der Waals surface area contributed by atoms with Crippen molar-refractivity contribution in [1.82, 2.24) is 29.6 Å². The number of rotatable bonds is 3. The average molecular weight is 370 g/mol. The van der Waals surface area contributed by atoms with Crippen molar-refractivity contribution in [3.63, 3.8) is 0 Å². The molecule has 0 bridgehead atoms. The van der Waals surface area contributed by atoms with Gasteiger partial charge in [-0.05, 0) is 17.7 Å². The van der Waals surface area contributed by atoms with Gasteiger partial charge in [-0.2, -0.15) is 5.10 Å². The van der Waals surface area contributed by atoms with Gasteiger partial charge in [0.15, 0.2) is 0 Å². The first kappa shape index (κ1) is 16.4. The molecule has 3 heterocycles. The van der Waals surface area contributed by atoms with Gasteiger partial charge in [-0.3, -0.25) is 4.79 Å². The highest BCUT2D eigenvalue weighted by molar-refractivity contribution is 5.98. The third kappa shape index (κ3) is 2.77. The molecular formula is C21H18N6O. The van der Waals surface area contributed by atoms with E-state index in [1.807, 2.05) is 47.4 Å². The second kappa shape index (κ2) is 6.77. The van der Waals surface area contributed by atoms with Crippen LogP contribution in [0.3, 0.4) is 0 Å². The summed E-state index contributed by atoms with van der Waals surface area (Å²) in [6, 6.07) is 17.7. The quantitative estimate of drug-likeness (QED) is 0.601. The van der Waals surface area contributed by atoms with E-state index in [1.54, 1.807) is 17.3 Å². The molecule has 1 N–H and O–H groups in total. The van der Waals surface area contributed by atoms with Crippen LogP contribution in [-0.4, -0.2) is 42.1 Å². The van der Waals surface area contributed by atoms with Crippen molar-refractivity contribution in [1.29, 1.82) is 0 Å². The maximum absolute atomic E-state index is 13.5. The fourth-order valence-corrected chi connectivity index (χ4v) is 3.78. The van der Waals surface area contributed by atoms with Gasteiger partial charge in [0, 0.05) is 12.5 Å². The molecule has 2 aromatic carbocycles. The highest BCUT2D eigenvalue weighted by Gasteiger charge is 2.32. The predicted octanol–water partition coefficient (Wildman–Crippen LogP) is 2.78. The zero-order valence-corrected chi connectivity index (χ0v) is 15.1. The highest BCUT2D eigenvalue weighted by Crippen LogP contribution is 2.32. The molecule has 1 aliphatic heterocycles. The molecule has 7 nitrogen and oxygen atoms in total. The Morgan fingerprint density at radius 2 is 1.89 bits per heavy atom. The van der Waals surface area contributed by atoms with Crippen molar-refractivity contribution in [2.45, 2.75) is 12.5 Å². The monoisotopic (exact) mass is 370 g/mol. The zero-order chi connectivity index (χ0) is 18.9. The van der Waals surface area contributed by atoms with Crippen LogP contribution in [-0.2, 0) is 6.54 Å². The second-order valence-electron chi connectivity index (χ2n) is 6.77. The number of nitrogens with zero attached hydrogens (tertiary/aromatic N) is 5. The first-order valence-electron chi connectivity index (χ1n) is 9.11. The lowest BCUT2D eigenvalue weighted by atomic mass is 9.90. The molecule has 0 spiro atoms. The van der Waals surface area contributed by atoms with Gasteiger partial charge in [-0.25, -0.2) is 14.6 Å². The first-order chi connectivity index (χ1) is 13.8. The first-order valence-corrected chi connectivity index (χ1v) is 9.11. The molecule has 1 unspecified atom stereocenters. The number of fused-ring (bicyclic) bond motifs is 1. The van der Waals surface area contributed by atoms with Gasteiger partial charge >= 0.3 is 0 Å². The Hall–Kier alpha value is -3.74. The summed E-state index contributed by atoms with van der Waals surface area (Å²) in [7, 11) is 0. The van der Waals surface area contributed by atoms with Gasteiger partial charge in [0.05, 0.1) is 35.5 Å². The minimum absolute atomic E-state index is 0.0349. The van der Waals surface area contributed by atoms with Crippen molar-refractivity contribution in [2.24, 2.45) is 0 Å². The van der Waals surface area contributed by atoms with Gasteiger partial charge < -0.3 is 9.88 Å². The summed E-state index contributed by atoms with van der Waals surface area (Å²) in [4.78, 5) is 27.0. The van der Waals surface area contributed by atoms with Crippen LogP contribution in [0.15, 0.2) is 73.6 Å². The molecule has 0 saturated heterocycles. The summed E-state index contributed by atoms with van der Waals surface area (Å²) in [5.41, 5.74) is 4.46. The van der Waals surface area contributed by atoms with Gasteiger partial charge in [0.1, 0.15) is 12.7 Å². The third-order valence-corrected chi connectivity index (χ3v) is 5.12.